The maximum absolute atomic E-state index is 12.8. The summed E-state index contributed by atoms with van der Waals surface area (Å²) in [6, 6.07) is 0. The Bertz CT molecular complexity index is 1540. The topological polar surface area (TPSA) is 230 Å². The molecule has 0 aromatic carbocycles. The van der Waals surface area contributed by atoms with E-state index in [1.54, 1.807) is 12.2 Å². The first-order valence-electron chi connectivity index (χ1n) is 24.1. The zero-order valence-corrected chi connectivity index (χ0v) is 40.4. The molecule has 9 atom stereocenters. The van der Waals surface area contributed by atoms with Crippen LogP contribution in [0.25, 0.3) is 0 Å². The zero-order valence-electron chi connectivity index (χ0n) is 39.6. The number of allylic oxidation sites excluding steroid dienone is 15. The van der Waals surface area contributed by atoms with Crippen LogP contribution in [-0.4, -0.2) is 110 Å². The maximum Gasteiger partial charge on any atom is 0.472 e. The van der Waals surface area contributed by atoms with Crippen LogP contribution in [0.1, 0.15) is 149 Å². The SMILES string of the molecule is CCCCC/C=C\C/C=C\C/C=C\C=C\[C@@H](O)CCCC(=O)OC[C@H](COP(=O)(O)OC1[C@H](O)[C@H](O)C(O)[C@H](O)[C@H]1O)OC(=O)CCCCC/C=C\C/C=C\C/C=C\C/C=C\CCCCC. The van der Waals surface area contributed by atoms with Crippen molar-refractivity contribution in [3.63, 3.8) is 0 Å². The Kier molecular flexibility index (Phi) is 36.5. The summed E-state index contributed by atoms with van der Waals surface area (Å²) < 4.78 is 33.4. The Morgan fingerprint density at radius 2 is 1.00 bits per heavy atom. The van der Waals surface area contributed by atoms with Crippen molar-refractivity contribution in [3.05, 3.63) is 97.2 Å². The average molecular weight is 951 g/mol. The van der Waals surface area contributed by atoms with Gasteiger partial charge in [0, 0.05) is 12.8 Å². The van der Waals surface area contributed by atoms with Gasteiger partial charge in [0.05, 0.1) is 12.7 Å². The van der Waals surface area contributed by atoms with E-state index in [0.29, 0.717) is 6.42 Å². The number of hydrogen-bond acceptors (Lipinski definition) is 13. The van der Waals surface area contributed by atoms with E-state index in [-0.39, 0.29) is 25.7 Å². The van der Waals surface area contributed by atoms with Crippen LogP contribution >= 0.6 is 7.82 Å². The number of hydrogen-bond donors (Lipinski definition) is 7. The van der Waals surface area contributed by atoms with Crippen LogP contribution in [-0.2, 0) is 32.7 Å². The fourth-order valence-electron chi connectivity index (χ4n) is 6.55. The molecule has 66 heavy (non-hydrogen) atoms. The summed E-state index contributed by atoms with van der Waals surface area (Å²) in [5, 5.41) is 60.5. The first kappa shape index (κ1) is 60.7. The highest BCUT2D eigenvalue weighted by atomic mass is 31.2. The van der Waals surface area contributed by atoms with E-state index in [2.05, 4.69) is 86.8 Å². The first-order chi connectivity index (χ1) is 31.8. The number of rotatable bonds is 38. The van der Waals surface area contributed by atoms with Crippen molar-refractivity contribution in [1.29, 1.82) is 0 Å². The summed E-state index contributed by atoms with van der Waals surface area (Å²) in [6.07, 6.45) is 36.1. The van der Waals surface area contributed by atoms with Crippen molar-refractivity contribution in [1.82, 2.24) is 0 Å². The third-order valence-corrected chi connectivity index (χ3v) is 11.5. The van der Waals surface area contributed by atoms with Gasteiger partial charge in [-0.15, -0.1) is 0 Å². The fourth-order valence-corrected chi connectivity index (χ4v) is 7.52. The lowest BCUT2D eigenvalue weighted by Gasteiger charge is -2.41. The quantitative estimate of drug-likeness (QED) is 0.0101. The molecule has 0 spiro atoms. The van der Waals surface area contributed by atoms with Crippen LogP contribution in [0.5, 0.6) is 0 Å². The van der Waals surface area contributed by atoms with Gasteiger partial charge in [-0.3, -0.25) is 18.6 Å². The molecule has 0 heterocycles. The lowest BCUT2D eigenvalue weighted by molar-refractivity contribution is -0.220. The van der Waals surface area contributed by atoms with Gasteiger partial charge in [0.25, 0.3) is 0 Å². The van der Waals surface area contributed by atoms with Crippen molar-refractivity contribution >= 4 is 19.8 Å². The second kappa shape index (κ2) is 39.7. The standard InChI is InChI=1S/C51H83O14P/c1-3-5-7-9-11-13-15-17-18-19-20-21-22-24-26-28-30-32-34-38-45(54)64-43(41-63-66(60,61)65-51-49(58)47(56)46(55)48(57)50(51)59)40-62-44(53)39-35-37-42(52)36-33-31-29-27-25-23-16-14-12-10-8-6-4-2/h11-14,17-18,20-21,23-26,29,31,33,36,42-43,46-52,55-59H,3-10,15-16,19,22,27-28,30,32,34-35,37-41H2,1-2H3,(H,60,61)/b13-11-,14-12-,18-17-,21-20-,25-23-,26-24-,31-29-,36-33+/t42-,43-,46?,47-,48+,49-,50-,51?/m1/s1. The molecule has 1 saturated carbocycles. The van der Waals surface area contributed by atoms with E-state index in [0.717, 1.165) is 64.2 Å². The summed E-state index contributed by atoms with van der Waals surface area (Å²) in [6.45, 7) is 3.04. The van der Waals surface area contributed by atoms with Crippen molar-refractivity contribution < 1.29 is 68.2 Å². The van der Waals surface area contributed by atoms with Gasteiger partial charge in [0.1, 0.15) is 43.2 Å². The predicted octanol–water partition coefficient (Wildman–Crippen LogP) is 8.80. The molecule has 1 aliphatic carbocycles. The number of phosphoric acid groups is 1. The molecule has 15 heteroatoms. The number of carbonyl (C=O) groups is 2. The molecule has 0 aliphatic heterocycles. The van der Waals surface area contributed by atoms with E-state index >= 15 is 0 Å². The summed E-state index contributed by atoms with van der Waals surface area (Å²) in [5.41, 5.74) is 0. The zero-order chi connectivity index (χ0) is 48.7. The largest absolute Gasteiger partial charge is 0.472 e. The average Bonchev–Trinajstić information content (AvgIpc) is 3.29. The number of aliphatic hydroxyl groups excluding tert-OH is 6. The smallest absolute Gasteiger partial charge is 0.462 e. The Balaban J connectivity index is 2.57. The first-order valence-corrected chi connectivity index (χ1v) is 25.6. The van der Waals surface area contributed by atoms with E-state index in [9.17, 15) is 49.7 Å². The highest BCUT2D eigenvalue weighted by molar-refractivity contribution is 7.47. The molecule has 0 aromatic heterocycles. The van der Waals surface area contributed by atoms with Crippen molar-refractivity contribution in [3.8, 4) is 0 Å². The van der Waals surface area contributed by atoms with Crippen LogP contribution in [0.2, 0.25) is 0 Å². The van der Waals surface area contributed by atoms with Gasteiger partial charge in [-0.2, -0.15) is 0 Å². The van der Waals surface area contributed by atoms with Crippen LogP contribution in [0.15, 0.2) is 97.2 Å². The highest BCUT2D eigenvalue weighted by Crippen LogP contribution is 2.47. The molecule has 0 saturated heterocycles. The van der Waals surface area contributed by atoms with Gasteiger partial charge in [-0.05, 0) is 89.9 Å². The second-order valence-electron chi connectivity index (χ2n) is 16.5. The van der Waals surface area contributed by atoms with Crippen LogP contribution in [0.3, 0.4) is 0 Å². The number of ether oxygens (including phenoxy) is 2. The van der Waals surface area contributed by atoms with Gasteiger partial charge >= 0.3 is 19.8 Å². The van der Waals surface area contributed by atoms with Gasteiger partial charge in [-0.25, -0.2) is 4.57 Å². The molecule has 376 valence electrons. The summed E-state index contributed by atoms with van der Waals surface area (Å²) in [4.78, 5) is 35.8. The Hall–Kier alpha value is -3.27. The molecule has 1 rings (SSSR count). The number of esters is 2. The van der Waals surface area contributed by atoms with E-state index in [4.69, 9.17) is 18.5 Å². The Morgan fingerprint density at radius 1 is 0.545 bits per heavy atom. The van der Waals surface area contributed by atoms with Gasteiger partial charge < -0.3 is 45.0 Å². The lowest BCUT2D eigenvalue weighted by atomic mass is 9.85. The monoisotopic (exact) mass is 951 g/mol. The summed E-state index contributed by atoms with van der Waals surface area (Å²) in [7, 11) is -5.18. The molecule has 0 amide bonds. The fraction of sp³-hybridized carbons (Fsp3) is 0.647. The summed E-state index contributed by atoms with van der Waals surface area (Å²) in [5.74, 6) is -1.35. The molecular weight excluding hydrogens is 868 g/mol. The number of phosphoric ester groups is 1. The predicted molar refractivity (Wildman–Crippen MR) is 259 cm³/mol. The molecule has 1 fully saturated rings. The van der Waals surface area contributed by atoms with E-state index in [1.807, 2.05) is 12.2 Å². The minimum Gasteiger partial charge on any atom is -0.462 e. The van der Waals surface area contributed by atoms with Gasteiger partial charge in [-0.1, -0.05) is 143 Å². The molecule has 0 bridgehead atoms. The Labute approximate surface area is 394 Å². The molecule has 7 N–H and O–H groups in total. The maximum atomic E-state index is 12.8. The molecule has 14 nitrogen and oxygen atoms in total. The lowest BCUT2D eigenvalue weighted by Crippen LogP contribution is -2.64. The van der Waals surface area contributed by atoms with Crippen molar-refractivity contribution in [2.24, 2.45) is 0 Å². The van der Waals surface area contributed by atoms with Crippen molar-refractivity contribution in [2.45, 2.75) is 198 Å². The summed E-state index contributed by atoms with van der Waals surface area (Å²) >= 11 is 0. The molecule has 3 unspecified atom stereocenters. The minimum absolute atomic E-state index is 0.0130. The van der Waals surface area contributed by atoms with E-state index < -0.39 is 81.8 Å². The normalized spacial score (nSPS) is 22.6. The molecule has 0 radical (unpaired) electrons. The van der Waals surface area contributed by atoms with Gasteiger partial charge in [0.2, 0.25) is 0 Å². The Morgan fingerprint density at radius 3 is 1.52 bits per heavy atom. The molecule has 1 aliphatic rings. The highest BCUT2D eigenvalue weighted by Gasteiger charge is 2.51. The molecule has 0 aromatic rings. The third kappa shape index (κ3) is 31.7. The number of unbranched alkanes of at least 4 members (excludes halogenated alkanes) is 9. The van der Waals surface area contributed by atoms with E-state index in [1.165, 1.54) is 38.5 Å². The number of carbonyl (C=O) groups excluding carboxylic acids is 2. The number of aliphatic hydroxyl groups is 6. The van der Waals surface area contributed by atoms with Crippen LogP contribution in [0.4, 0.5) is 0 Å². The van der Waals surface area contributed by atoms with Gasteiger partial charge in [0.15, 0.2) is 6.10 Å². The van der Waals surface area contributed by atoms with Crippen molar-refractivity contribution in [2.75, 3.05) is 13.2 Å². The second-order valence-corrected chi connectivity index (χ2v) is 17.9. The van der Waals surface area contributed by atoms with Crippen LogP contribution in [0, 0.1) is 0 Å². The minimum atomic E-state index is -5.18. The molecular formula is C51H83O14P. The third-order valence-electron chi connectivity index (χ3n) is 10.5. The van der Waals surface area contributed by atoms with Crippen LogP contribution < -0.4 is 0 Å².